The number of hydrogen-bond donors (Lipinski definition) is 1. The molecule has 0 atom stereocenters. The number of anilines is 1. The molecule has 1 aliphatic heterocycles. The Kier molecular flexibility index (Phi) is 6.71. The Bertz CT molecular complexity index is 1110. The third kappa shape index (κ3) is 5.72. The van der Waals surface area contributed by atoms with Crippen molar-refractivity contribution in [3.05, 3.63) is 52.8 Å². The van der Waals surface area contributed by atoms with Crippen molar-refractivity contribution in [2.45, 2.75) is 25.3 Å². The first-order chi connectivity index (χ1) is 15.7. The molecule has 7 nitrogen and oxygen atoms in total. The molecule has 1 aliphatic rings. The quantitative estimate of drug-likeness (QED) is 0.379. The van der Waals surface area contributed by atoms with Gasteiger partial charge < -0.3 is 10.5 Å². The van der Waals surface area contributed by atoms with E-state index in [1.54, 1.807) is 29.2 Å². The molecule has 3 heterocycles. The van der Waals surface area contributed by atoms with Crippen molar-refractivity contribution in [3.63, 3.8) is 0 Å². The molecule has 12 heteroatoms. The standard InChI is InChI=1S/C21H21ClF4N6O/c22-17-10-15(28-20(27)29-17)18-14(11-32(30-18)19(23)24)9-13-3-1-2-4-16(13)33-8-7-31-6-5-21(25,26)12-31/h1-4,10-11,19H,5-9,12H2,(H2,27,28,29). The maximum Gasteiger partial charge on any atom is 0.333 e. The van der Waals surface area contributed by atoms with Crippen LogP contribution in [0.4, 0.5) is 23.5 Å². The lowest BCUT2D eigenvalue weighted by molar-refractivity contribution is 0.0112. The summed E-state index contributed by atoms with van der Waals surface area (Å²) in [5.41, 5.74) is 7.24. The van der Waals surface area contributed by atoms with Crippen molar-refractivity contribution >= 4 is 17.5 Å². The first-order valence-corrected chi connectivity index (χ1v) is 10.6. The van der Waals surface area contributed by atoms with Crippen LogP contribution in [-0.4, -0.2) is 56.8 Å². The van der Waals surface area contributed by atoms with Crippen LogP contribution in [0.1, 0.15) is 24.1 Å². The summed E-state index contributed by atoms with van der Waals surface area (Å²) in [7, 11) is 0. The van der Waals surface area contributed by atoms with E-state index >= 15 is 0 Å². The first kappa shape index (κ1) is 23.2. The molecule has 0 saturated carbocycles. The SMILES string of the molecule is Nc1nc(Cl)cc(-c2nn(C(F)F)cc2Cc2ccccc2OCCN2CCC(F)(F)C2)n1. The molecule has 1 fully saturated rings. The summed E-state index contributed by atoms with van der Waals surface area (Å²) in [6.07, 6.45) is 1.29. The molecule has 2 N–H and O–H groups in total. The van der Waals surface area contributed by atoms with Crippen LogP contribution < -0.4 is 10.5 Å². The molecule has 176 valence electrons. The van der Waals surface area contributed by atoms with Gasteiger partial charge in [0.2, 0.25) is 5.95 Å². The number of halogens is 5. The Hall–Kier alpha value is -2.92. The average molecular weight is 485 g/mol. The molecule has 1 saturated heterocycles. The number of aromatic nitrogens is 4. The van der Waals surface area contributed by atoms with Crippen molar-refractivity contribution in [2.75, 3.05) is 32.0 Å². The maximum atomic E-state index is 13.4. The predicted octanol–water partition coefficient (Wildman–Crippen LogP) is 4.28. The second kappa shape index (κ2) is 9.52. The second-order valence-corrected chi connectivity index (χ2v) is 8.10. The van der Waals surface area contributed by atoms with E-state index in [1.807, 2.05) is 0 Å². The number of benzene rings is 1. The monoisotopic (exact) mass is 484 g/mol. The van der Waals surface area contributed by atoms with Gasteiger partial charge in [-0.05, 0) is 11.6 Å². The van der Waals surface area contributed by atoms with E-state index in [0.29, 0.717) is 34.6 Å². The van der Waals surface area contributed by atoms with Gasteiger partial charge in [0.1, 0.15) is 23.2 Å². The second-order valence-electron chi connectivity index (χ2n) is 7.71. The van der Waals surface area contributed by atoms with Crippen molar-refractivity contribution in [2.24, 2.45) is 0 Å². The first-order valence-electron chi connectivity index (χ1n) is 10.2. The van der Waals surface area contributed by atoms with Gasteiger partial charge in [0.15, 0.2) is 0 Å². The van der Waals surface area contributed by atoms with Crippen LogP contribution in [0.3, 0.4) is 0 Å². The van der Waals surface area contributed by atoms with E-state index < -0.39 is 12.5 Å². The van der Waals surface area contributed by atoms with Gasteiger partial charge in [-0.3, -0.25) is 4.90 Å². The fourth-order valence-corrected chi connectivity index (χ4v) is 3.90. The molecule has 0 spiro atoms. The fraction of sp³-hybridized carbons (Fsp3) is 0.381. The lowest BCUT2D eigenvalue weighted by Crippen LogP contribution is -2.29. The molecule has 1 aromatic carbocycles. The Balaban J connectivity index is 1.54. The minimum absolute atomic E-state index is 0.0614. The molecule has 2 aromatic heterocycles. The van der Waals surface area contributed by atoms with Gasteiger partial charge in [0.25, 0.3) is 5.92 Å². The van der Waals surface area contributed by atoms with E-state index in [4.69, 9.17) is 22.1 Å². The molecular formula is C21H21ClF4N6O. The van der Waals surface area contributed by atoms with E-state index in [0.717, 1.165) is 0 Å². The van der Waals surface area contributed by atoms with E-state index in [9.17, 15) is 17.6 Å². The number of nitrogen functional groups attached to an aromatic ring is 1. The number of nitrogens with two attached hydrogens (primary N) is 1. The topological polar surface area (TPSA) is 82.1 Å². The number of hydrogen-bond acceptors (Lipinski definition) is 6. The molecule has 0 radical (unpaired) electrons. The highest BCUT2D eigenvalue weighted by molar-refractivity contribution is 6.29. The minimum atomic E-state index is -2.85. The molecule has 4 rings (SSSR count). The van der Waals surface area contributed by atoms with Gasteiger partial charge in [-0.15, -0.1) is 0 Å². The summed E-state index contributed by atoms with van der Waals surface area (Å²) in [4.78, 5) is 9.50. The number of likely N-dealkylation sites (tertiary alicyclic amines) is 1. The number of ether oxygens (including phenoxy) is 1. The fourth-order valence-electron chi connectivity index (χ4n) is 3.71. The van der Waals surface area contributed by atoms with Gasteiger partial charge in [-0.1, -0.05) is 29.8 Å². The lowest BCUT2D eigenvalue weighted by Gasteiger charge is -2.17. The van der Waals surface area contributed by atoms with Crippen LogP contribution in [0.2, 0.25) is 5.15 Å². The molecule has 0 amide bonds. The number of para-hydroxylation sites is 1. The Labute approximate surface area is 192 Å². The van der Waals surface area contributed by atoms with E-state index in [1.165, 1.54) is 12.3 Å². The zero-order valence-corrected chi connectivity index (χ0v) is 18.2. The number of alkyl halides is 4. The van der Waals surface area contributed by atoms with Crippen LogP contribution in [0.25, 0.3) is 11.4 Å². The van der Waals surface area contributed by atoms with Crippen molar-refractivity contribution < 1.29 is 22.3 Å². The highest BCUT2D eigenvalue weighted by Gasteiger charge is 2.37. The number of rotatable bonds is 8. The summed E-state index contributed by atoms with van der Waals surface area (Å²) in [6.45, 7) is -2.24. The van der Waals surface area contributed by atoms with Gasteiger partial charge >= 0.3 is 6.55 Å². The normalized spacial score (nSPS) is 15.9. The third-order valence-corrected chi connectivity index (χ3v) is 5.42. The van der Waals surface area contributed by atoms with Gasteiger partial charge in [0.05, 0.1) is 12.2 Å². The van der Waals surface area contributed by atoms with Crippen LogP contribution >= 0.6 is 11.6 Å². The predicted molar refractivity (Wildman–Crippen MR) is 115 cm³/mol. The van der Waals surface area contributed by atoms with Crippen molar-refractivity contribution in [3.8, 4) is 17.1 Å². The Morgan fingerprint density at radius 1 is 1.18 bits per heavy atom. The maximum absolute atomic E-state index is 13.4. The third-order valence-electron chi connectivity index (χ3n) is 5.23. The van der Waals surface area contributed by atoms with E-state index in [2.05, 4.69) is 15.1 Å². The molecule has 33 heavy (non-hydrogen) atoms. The van der Waals surface area contributed by atoms with Gasteiger partial charge in [-0.2, -0.15) is 13.9 Å². The molecule has 0 aliphatic carbocycles. The van der Waals surface area contributed by atoms with Crippen LogP contribution in [-0.2, 0) is 6.42 Å². The summed E-state index contributed by atoms with van der Waals surface area (Å²) < 4.78 is 59.8. The number of nitrogens with zero attached hydrogens (tertiary/aromatic N) is 5. The summed E-state index contributed by atoms with van der Waals surface area (Å²) in [6, 6.07) is 8.50. The molecule has 0 unspecified atom stereocenters. The summed E-state index contributed by atoms with van der Waals surface area (Å²) in [5, 5.41) is 4.02. The Morgan fingerprint density at radius 2 is 1.97 bits per heavy atom. The molecular weight excluding hydrogens is 464 g/mol. The van der Waals surface area contributed by atoms with Gasteiger partial charge in [-0.25, -0.2) is 23.4 Å². The molecule has 3 aromatic rings. The van der Waals surface area contributed by atoms with Crippen molar-refractivity contribution in [1.29, 1.82) is 0 Å². The largest absolute Gasteiger partial charge is 0.492 e. The lowest BCUT2D eigenvalue weighted by atomic mass is 10.0. The molecule has 0 bridgehead atoms. The van der Waals surface area contributed by atoms with Crippen LogP contribution in [0.5, 0.6) is 5.75 Å². The zero-order chi connectivity index (χ0) is 23.6. The van der Waals surface area contributed by atoms with Gasteiger partial charge in [0, 0.05) is 43.8 Å². The zero-order valence-electron chi connectivity index (χ0n) is 17.4. The summed E-state index contributed by atoms with van der Waals surface area (Å²) >= 11 is 5.95. The van der Waals surface area contributed by atoms with Crippen LogP contribution in [0.15, 0.2) is 36.5 Å². The smallest absolute Gasteiger partial charge is 0.333 e. The summed E-state index contributed by atoms with van der Waals surface area (Å²) in [5.74, 6) is -2.24. The highest BCUT2D eigenvalue weighted by Crippen LogP contribution is 2.30. The minimum Gasteiger partial charge on any atom is -0.492 e. The van der Waals surface area contributed by atoms with Crippen molar-refractivity contribution in [1.82, 2.24) is 24.6 Å². The van der Waals surface area contributed by atoms with Crippen LogP contribution in [0, 0.1) is 0 Å². The highest BCUT2D eigenvalue weighted by atomic mass is 35.5. The average Bonchev–Trinajstić information content (AvgIpc) is 3.31. The Morgan fingerprint density at radius 3 is 2.67 bits per heavy atom. The van der Waals surface area contributed by atoms with E-state index in [-0.39, 0.29) is 48.5 Å².